The van der Waals surface area contributed by atoms with E-state index in [1.54, 1.807) is 6.92 Å². The molecule has 1 N–H and O–H groups in total. The number of fused-ring (bicyclic) bond motifs is 1. The number of sulfonamides is 1. The van der Waals surface area contributed by atoms with Crippen molar-refractivity contribution >= 4 is 33.3 Å². The molecule has 1 aromatic carbocycles. The minimum Gasteiger partial charge on any atom is -0.483 e. The number of nitrogens with zero attached hydrogens (tertiary/aromatic N) is 3. The monoisotopic (exact) mass is 593 g/mol. The Morgan fingerprint density at radius 3 is 2.42 bits per heavy atom. The van der Waals surface area contributed by atoms with E-state index in [4.69, 9.17) is 16.3 Å². The number of esters is 1. The Bertz CT molecular complexity index is 1310. The van der Waals surface area contributed by atoms with Crippen molar-refractivity contribution in [1.29, 1.82) is 0 Å². The van der Waals surface area contributed by atoms with Crippen LogP contribution >= 0.6 is 11.6 Å². The molecule has 0 amide bonds. The van der Waals surface area contributed by atoms with Crippen LogP contribution in [0.2, 0.25) is 5.15 Å². The molecule has 2 heterocycles. The molecule has 212 valence electrons. The molecule has 1 aliphatic heterocycles. The third-order valence-electron chi connectivity index (χ3n) is 5.58. The van der Waals surface area contributed by atoms with E-state index in [0.717, 1.165) is 24.4 Å². The summed E-state index contributed by atoms with van der Waals surface area (Å²) in [5, 5.41) is 13.1. The fourth-order valence-corrected chi connectivity index (χ4v) is 5.34. The molecule has 38 heavy (non-hydrogen) atoms. The highest BCUT2D eigenvalue weighted by molar-refractivity contribution is 7.93. The Hall–Kier alpha value is -2.72. The molecule has 1 aromatic heterocycles. The zero-order chi connectivity index (χ0) is 28.8. The van der Waals surface area contributed by atoms with Gasteiger partial charge in [-0.1, -0.05) is 17.7 Å². The van der Waals surface area contributed by atoms with Crippen molar-refractivity contribution in [3.05, 3.63) is 35.1 Å². The van der Waals surface area contributed by atoms with Crippen molar-refractivity contribution in [3.8, 4) is 5.75 Å². The van der Waals surface area contributed by atoms with Crippen LogP contribution < -0.4 is 9.04 Å². The quantitative estimate of drug-likeness (QED) is 0.383. The van der Waals surface area contributed by atoms with Crippen LogP contribution in [-0.4, -0.2) is 66.0 Å². The van der Waals surface area contributed by atoms with E-state index in [2.05, 4.69) is 9.84 Å². The van der Waals surface area contributed by atoms with Crippen molar-refractivity contribution in [3.63, 3.8) is 0 Å². The zero-order valence-corrected chi connectivity index (χ0v) is 21.5. The molecule has 2 aromatic rings. The summed E-state index contributed by atoms with van der Waals surface area (Å²) in [5.74, 6) is -1.70. The number of benzene rings is 1. The average molecular weight is 594 g/mol. The van der Waals surface area contributed by atoms with Crippen molar-refractivity contribution in [2.75, 3.05) is 10.8 Å². The maximum atomic E-state index is 13.5. The number of carbonyl (C=O) groups is 1. The van der Waals surface area contributed by atoms with Gasteiger partial charge in [0.2, 0.25) is 5.60 Å². The molecule has 0 fully saturated rings. The number of hydrogen-bond donors (Lipinski definition) is 1. The summed E-state index contributed by atoms with van der Waals surface area (Å²) in [5.41, 5.74) is -3.18. The standard InChI is InChI=1S/C21H22ClF6N3O6S/c1-4-30-10-15(18(22)29-30)38(34,35)31-9-14(17(33)20(23,24)25)36-13-6-5-11(7-12(13)31)8-16(32)37-19(2,3)21(26,27)28/h5-7,10,14,17,33H,4,8-9H2,1-3H3/t14-,17+/m0/s1. The van der Waals surface area contributed by atoms with Gasteiger partial charge in [0, 0.05) is 12.7 Å². The minimum atomic E-state index is -5.16. The van der Waals surface area contributed by atoms with Crippen LogP contribution in [-0.2, 0) is 32.5 Å². The van der Waals surface area contributed by atoms with Crippen LogP contribution in [0.3, 0.4) is 0 Å². The normalized spacial score (nSPS) is 17.6. The van der Waals surface area contributed by atoms with Gasteiger partial charge in [-0.15, -0.1) is 0 Å². The van der Waals surface area contributed by atoms with Crippen molar-refractivity contribution in [2.24, 2.45) is 0 Å². The topological polar surface area (TPSA) is 111 Å². The molecule has 0 bridgehead atoms. The summed E-state index contributed by atoms with van der Waals surface area (Å²) in [7, 11) is -4.71. The molecule has 0 unspecified atom stereocenters. The Labute approximate surface area is 217 Å². The zero-order valence-electron chi connectivity index (χ0n) is 20.0. The van der Waals surface area contributed by atoms with Gasteiger partial charge in [-0.05, 0) is 38.5 Å². The highest BCUT2D eigenvalue weighted by Crippen LogP contribution is 2.41. The van der Waals surface area contributed by atoms with Crippen LogP contribution in [0.4, 0.5) is 32.0 Å². The molecule has 1 aliphatic rings. The Balaban J connectivity index is 2.03. The average Bonchev–Trinajstić information content (AvgIpc) is 3.17. The molecule has 0 aliphatic carbocycles. The smallest absolute Gasteiger partial charge is 0.427 e. The van der Waals surface area contributed by atoms with Crippen molar-refractivity contribution in [2.45, 2.75) is 68.8 Å². The number of carbonyl (C=O) groups excluding carboxylic acids is 1. The third-order valence-corrected chi connectivity index (χ3v) is 7.75. The molecular formula is C21H22ClF6N3O6S. The van der Waals surface area contributed by atoms with E-state index in [9.17, 15) is 44.7 Å². The van der Waals surface area contributed by atoms with Gasteiger partial charge in [-0.3, -0.25) is 13.8 Å². The number of aliphatic hydroxyl groups is 1. The Kier molecular flexibility index (Phi) is 7.94. The third kappa shape index (κ3) is 5.96. The first-order valence-electron chi connectivity index (χ1n) is 10.9. The number of aliphatic hydroxyl groups excluding tert-OH is 1. The second-order valence-electron chi connectivity index (χ2n) is 8.78. The molecule has 0 radical (unpaired) electrons. The van der Waals surface area contributed by atoms with Gasteiger partial charge < -0.3 is 14.6 Å². The Morgan fingerprint density at radius 2 is 1.89 bits per heavy atom. The molecular weight excluding hydrogens is 572 g/mol. The molecule has 3 rings (SSSR count). The van der Waals surface area contributed by atoms with Crippen molar-refractivity contribution in [1.82, 2.24) is 9.78 Å². The molecule has 17 heteroatoms. The number of aromatic nitrogens is 2. The summed E-state index contributed by atoms with van der Waals surface area (Å²) in [6, 6.07) is 3.21. The number of halogens is 7. The van der Waals surface area contributed by atoms with E-state index in [0.29, 0.717) is 18.2 Å². The van der Waals surface area contributed by atoms with E-state index in [1.807, 2.05) is 0 Å². The number of rotatable bonds is 7. The van der Waals surface area contributed by atoms with Crippen molar-refractivity contribution < 1.29 is 54.1 Å². The van der Waals surface area contributed by atoms with Gasteiger partial charge >= 0.3 is 18.3 Å². The molecule has 0 saturated heterocycles. The van der Waals surface area contributed by atoms with Crippen LogP contribution in [0.25, 0.3) is 0 Å². The molecule has 2 atom stereocenters. The van der Waals surface area contributed by atoms with Crippen LogP contribution in [0.15, 0.2) is 29.3 Å². The predicted octanol–water partition coefficient (Wildman–Crippen LogP) is 3.86. The fraction of sp³-hybridized carbons (Fsp3) is 0.524. The van der Waals surface area contributed by atoms with E-state index in [-0.39, 0.29) is 17.8 Å². The largest absolute Gasteiger partial charge is 0.483 e. The second-order valence-corrected chi connectivity index (χ2v) is 11.0. The van der Waals surface area contributed by atoms with Gasteiger partial charge in [-0.2, -0.15) is 31.4 Å². The Morgan fingerprint density at radius 1 is 1.26 bits per heavy atom. The predicted molar refractivity (Wildman–Crippen MR) is 120 cm³/mol. The lowest BCUT2D eigenvalue weighted by Crippen LogP contribution is -2.53. The molecule has 9 nitrogen and oxygen atoms in total. The number of hydrogen-bond acceptors (Lipinski definition) is 7. The van der Waals surface area contributed by atoms with Crippen LogP contribution in [0.5, 0.6) is 5.75 Å². The fourth-order valence-electron chi connectivity index (χ4n) is 3.41. The highest BCUT2D eigenvalue weighted by Gasteiger charge is 2.51. The number of anilines is 1. The maximum absolute atomic E-state index is 13.5. The minimum absolute atomic E-state index is 0.0271. The van der Waals surface area contributed by atoms with Crippen LogP contribution in [0, 0.1) is 0 Å². The second kappa shape index (κ2) is 10.1. The van der Waals surface area contributed by atoms with E-state index in [1.165, 1.54) is 4.68 Å². The first-order chi connectivity index (χ1) is 17.3. The first kappa shape index (κ1) is 29.8. The lowest BCUT2D eigenvalue weighted by atomic mass is 10.1. The number of alkyl halides is 6. The summed E-state index contributed by atoms with van der Waals surface area (Å²) in [6.07, 6.45) is -14.8. The van der Waals surface area contributed by atoms with Gasteiger partial charge in [0.15, 0.2) is 17.4 Å². The van der Waals surface area contributed by atoms with Gasteiger partial charge in [0.1, 0.15) is 10.6 Å². The van der Waals surface area contributed by atoms with Gasteiger partial charge in [-0.25, -0.2) is 8.42 Å². The van der Waals surface area contributed by atoms with E-state index >= 15 is 0 Å². The summed E-state index contributed by atoms with van der Waals surface area (Å²) < 4.78 is 117. The van der Waals surface area contributed by atoms with Gasteiger partial charge in [0.05, 0.1) is 18.7 Å². The summed E-state index contributed by atoms with van der Waals surface area (Å²) in [4.78, 5) is 11.7. The summed E-state index contributed by atoms with van der Waals surface area (Å²) >= 11 is 5.97. The molecule has 0 spiro atoms. The highest BCUT2D eigenvalue weighted by atomic mass is 35.5. The van der Waals surface area contributed by atoms with Gasteiger partial charge in [0.25, 0.3) is 10.0 Å². The lowest BCUT2D eigenvalue weighted by Gasteiger charge is -2.37. The molecule has 0 saturated carbocycles. The van der Waals surface area contributed by atoms with Crippen LogP contribution in [0.1, 0.15) is 26.3 Å². The first-order valence-corrected chi connectivity index (χ1v) is 12.7. The number of aryl methyl sites for hydroxylation is 1. The SMILES string of the molecule is CCn1cc(S(=O)(=O)N2C[C@@H]([C@@H](O)C(F)(F)F)Oc3ccc(CC(=O)OC(C)(C)C(F)(F)F)cc32)c(Cl)n1. The van der Waals surface area contributed by atoms with E-state index < -0.39 is 74.9 Å². The lowest BCUT2D eigenvalue weighted by molar-refractivity contribution is -0.257. The number of ether oxygens (including phenoxy) is 2. The maximum Gasteiger partial charge on any atom is 0.427 e. The summed E-state index contributed by atoms with van der Waals surface area (Å²) in [6.45, 7) is 2.12.